The minimum Gasteiger partial charge on any atom is -0.340 e. The van der Waals surface area contributed by atoms with Crippen molar-refractivity contribution in [3.8, 4) is 0 Å². The van der Waals surface area contributed by atoms with E-state index in [9.17, 15) is 4.79 Å². The van der Waals surface area contributed by atoms with Gasteiger partial charge in [0.2, 0.25) is 5.91 Å². The Morgan fingerprint density at radius 3 is 2.37 bits per heavy atom. The molecule has 1 N–H and O–H groups in total. The van der Waals surface area contributed by atoms with E-state index in [-0.39, 0.29) is 5.54 Å². The predicted octanol–water partition coefficient (Wildman–Crippen LogP) is 1.71. The van der Waals surface area contributed by atoms with E-state index in [2.05, 4.69) is 43.1 Å². The van der Waals surface area contributed by atoms with Crippen LogP contribution in [0.2, 0.25) is 0 Å². The lowest BCUT2D eigenvalue weighted by Crippen LogP contribution is -2.56. The molecule has 1 fully saturated rings. The van der Waals surface area contributed by atoms with Crippen molar-refractivity contribution in [3.63, 3.8) is 0 Å². The summed E-state index contributed by atoms with van der Waals surface area (Å²) in [5.74, 6) is 0.329. The standard InChI is InChI=1S/C15H31N3O/c1-5-8-15(9-7-10-16-15)14(19)18(11-6-2)13-12-17(3)4/h16H,5-13H2,1-4H3. The Labute approximate surface area is 118 Å². The highest BCUT2D eigenvalue weighted by Crippen LogP contribution is 2.27. The SMILES string of the molecule is CCCN(CCN(C)C)C(=O)C1(CCC)CCCN1. The van der Waals surface area contributed by atoms with E-state index in [1.807, 2.05) is 0 Å². The number of nitrogens with zero attached hydrogens (tertiary/aromatic N) is 2. The molecule has 0 aromatic carbocycles. The van der Waals surface area contributed by atoms with Gasteiger partial charge >= 0.3 is 0 Å². The van der Waals surface area contributed by atoms with Gasteiger partial charge in [0.05, 0.1) is 5.54 Å². The van der Waals surface area contributed by atoms with Crippen LogP contribution in [0, 0.1) is 0 Å². The molecule has 112 valence electrons. The van der Waals surface area contributed by atoms with Crippen molar-refractivity contribution in [2.45, 2.75) is 51.5 Å². The normalized spacial score (nSPS) is 23.0. The number of rotatable bonds is 8. The molecule has 1 unspecified atom stereocenters. The smallest absolute Gasteiger partial charge is 0.242 e. The van der Waals surface area contributed by atoms with E-state index in [1.165, 1.54) is 0 Å². The second kappa shape index (κ2) is 7.85. The third-order valence-corrected chi connectivity index (χ3v) is 3.93. The zero-order chi connectivity index (χ0) is 14.3. The van der Waals surface area contributed by atoms with Crippen LogP contribution < -0.4 is 5.32 Å². The molecule has 0 aromatic heterocycles. The van der Waals surface area contributed by atoms with Gasteiger partial charge in [-0.2, -0.15) is 0 Å². The average molecular weight is 269 g/mol. The Morgan fingerprint density at radius 2 is 1.89 bits per heavy atom. The first-order valence-electron chi connectivity index (χ1n) is 7.75. The molecule has 0 spiro atoms. The van der Waals surface area contributed by atoms with Crippen LogP contribution in [-0.4, -0.2) is 61.5 Å². The molecule has 0 bridgehead atoms. The molecule has 1 saturated heterocycles. The topological polar surface area (TPSA) is 35.6 Å². The highest BCUT2D eigenvalue weighted by Gasteiger charge is 2.42. The molecule has 0 radical (unpaired) electrons. The van der Waals surface area contributed by atoms with Crippen molar-refractivity contribution in [2.24, 2.45) is 0 Å². The van der Waals surface area contributed by atoms with Crippen molar-refractivity contribution < 1.29 is 4.79 Å². The summed E-state index contributed by atoms with van der Waals surface area (Å²) in [4.78, 5) is 17.1. The van der Waals surface area contributed by atoms with Crippen molar-refractivity contribution in [2.75, 3.05) is 40.3 Å². The summed E-state index contributed by atoms with van der Waals surface area (Å²) in [5, 5.41) is 3.49. The van der Waals surface area contributed by atoms with E-state index < -0.39 is 0 Å². The van der Waals surface area contributed by atoms with Crippen LogP contribution in [0.3, 0.4) is 0 Å². The quantitative estimate of drug-likeness (QED) is 0.728. The zero-order valence-corrected chi connectivity index (χ0v) is 13.2. The molecule has 0 aliphatic carbocycles. The Bertz CT molecular complexity index is 273. The van der Waals surface area contributed by atoms with E-state index in [4.69, 9.17) is 0 Å². The lowest BCUT2D eigenvalue weighted by Gasteiger charge is -2.35. The van der Waals surface area contributed by atoms with Crippen molar-refractivity contribution >= 4 is 5.91 Å². The molecule has 1 amide bonds. The van der Waals surface area contributed by atoms with Crippen LogP contribution in [0.15, 0.2) is 0 Å². The predicted molar refractivity (Wildman–Crippen MR) is 80.3 cm³/mol. The second-order valence-electron chi connectivity index (χ2n) is 5.96. The summed E-state index contributed by atoms with van der Waals surface area (Å²) in [6.45, 7) is 7.95. The highest BCUT2D eigenvalue weighted by atomic mass is 16.2. The van der Waals surface area contributed by atoms with Gasteiger partial charge in [-0.25, -0.2) is 0 Å². The summed E-state index contributed by atoms with van der Waals surface area (Å²) in [7, 11) is 4.12. The summed E-state index contributed by atoms with van der Waals surface area (Å²) in [5.41, 5.74) is -0.268. The summed E-state index contributed by atoms with van der Waals surface area (Å²) >= 11 is 0. The Hall–Kier alpha value is -0.610. The van der Waals surface area contributed by atoms with Crippen molar-refractivity contribution in [3.05, 3.63) is 0 Å². The molecular weight excluding hydrogens is 238 g/mol. The zero-order valence-electron chi connectivity index (χ0n) is 13.2. The molecule has 0 saturated carbocycles. The van der Waals surface area contributed by atoms with Gasteiger partial charge in [0.15, 0.2) is 0 Å². The van der Waals surface area contributed by atoms with Gasteiger partial charge in [-0.1, -0.05) is 20.3 Å². The number of hydrogen-bond donors (Lipinski definition) is 1. The molecule has 1 atom stereocenters. The number of nitrogens with one attached hydrogen (secondary N) is 1. The number of amides is 1. The Morgan fingerprint density at radius 1 is 1.16 bits per heavy atom. The fourth-order valence-electron chi connectivity index (χ4n) is 2.94. The van der Waals surface area contributed by atoms with Crippen LogP contribution in [0.1, 0.15) is 46.0 Å². The van der Waals surface area contributed by atoms with E-state index >= 15 is 0 Å². The van der Waals surface area contributed by atoms with Crippen LogP contribution in [0.25, 0.3) is 0 Å². The maximum absolute atomic E-state index is 12.9. The third-order valence-electron chi connectivity index (χ3n) is 3.93. The molecule has 1 rings (SSSR count). The number of hydrogen-bond acceptors (Lipinski definition) is 3. The average Bonchev–Trinajstić information content (AvgIpc) is 2.83. The minimum absolute atomic E-state index is 0.268. The summed E-state index contributed by atoms with van der Waals surface area (Å²) in [6.07, 6.45) is 5.18. The number of carbonyl (C=O) groups excluding carboxylic acids is 1. The maximum Gasteiger partial charge on any atom is 0.242 e. The third kappa shape index (κ3) is 4.46. The van der Waals surface area contributed by atoms with E-state index in [0.717, 1.165) is 58.3 Å². The lowest BCUT2D eigenvalue weighted by atomic mass is 9.90. The van der Waals surface area contributed by atoms with Gasteiger partial charge in [0.25, 0.3) is 0 Å². The van der Waals surface area contributed by atoms with Gasteiger partial charge in [-0.3, -0.25) is 4.79 Å². The molecule has 1 heterocycles. The van der Waals surface area contributed by atoms with Crippen LogP contribution in [0.5, 0.6) is 0 Å². The second-order valence-corrected chi connectivity index (χ2v) is 5.96. The van der Waals surface area contributed by atoms with Gasteiger partial charge < -0.3 is 15.1 Å². The molecule has 1 aliphatic rings. The van der Waals surface area contributed by atoms with Gasteiger partial charge in [0.1, 0.15) is 0 Å². The molecule has 0 aromatic rings. The first-order chi connectivity index (χ1) is 9.05. The van der Waals surface area contributed by atoms with Crippen molar-refractivity contribution in [1.29, 1.82) is 0 Å². The highest BCUT2D eigenvalue weighted by molar-refractivity contribution is 5.86. The molecule has 4 nitrogen and oxygen atoms in total. The van der Waals surface area contributed by atoms with E-state index in [0.29, 0.717) is 5.91 Å². The monoisotopic (exact) mass is 269 g/mol. The largest absolute Gasteiger partial charge is 0.340 e. The van der Waals surface area contributed by atoms with Gasteiger partial charge in [0, 0.05) is 19.6 Å². The summed E-state index contributed by atoms with van der Waals surface area (Å²) in [6, 6.07) is 0. The fraction of sp³-hybridized carbons (Fsp3) is 0.933. The molecule has 19 heavy (non-hydrogen) atoms. The lowest BCUT2D eigenvalue weighted by molar-refractivity contribution is -0.138. The van der Waals surface area contributed by atoms with Crippen LogP contribution in [-0.2, 0) is 4.79 Å². The minimum atomic E-state index is -0.268. The van der Waals surface area contributed by atoms with Crippen LogP contribution in [0.4, 0.5) is 0 Å². The molecular formula is C15H31N3O. The van der Waals surface area contributed by atoms with Crippen molar-refractivity contribution in [1.82, 2.24) is 15.1 Å². The number of likely N-dealkylation sites (N-methyl/N-ethyl adjacent to an activating group) is 1. The van der Waals surface area contributed by atoms with Gasteiger partial charge in [-0.05, 0) is 46.3 Å². The summed E-state index contributed by atoms with van der Waals surface area (Å²) < 4.78 is 0. The molecule has 4 heteroatoms. The first kappa shape index (κ1) is 16.4. The van der Waals surface area contributed by atoms with E-state index in [1.54, 1.807) is 0 Å². The number of carbonyl (C=O) groups is 1. The Balaban J connectivity index is 2.72. The van der Waals surface area contributed by atoms with Crippen LogP contribution >= 0.6 is 0 Å². The first-order valence-corrected chi connectivity index (χ1v) is 7.75. The maximum atomic E-state index is 12.9. The van der Waals surface area contributed by atoms with Gasteiger partial charge in [-0.15, -0.1) is 0 Å². The molecule has 1 aliphatic heterocycles. The fourth-order valence-corrected chi connectivity index (χ4v) is 2.94. The Kier molecular flexibility index (Phi) is 6.80.